The van der Waals surface area contributed by atoms with Crippen molar-refractivity contribution >= 4 is 5.97 Å². The molecule has 0 saturated carbocycles. The molecule has 0 aromatic carbocycles. The van der Waals surface area contributed by atoms with Crippen LogP contribution in [-0.4, -0.2) is 35.9 Å². The van der Waals surface area contributed by atoms with Gasteiger partial charge in [0.05, 0.1) is 6.61 Å². The highest BCUT2D eigenvalue weighted by Crippen LogP contribution is 2.08. The Morgan fingerprint density at radius 1 is 1.35 bits per heavy atom. The highest BCUT2D eigenvalue weighted by atomic mass is 16.5. The zero-order valence-corrected chi connectivity index (χ0v) is 11.7. The Kier molecular flexibility index (Phi) is 7.39. The van der Waals surface area contributed by atoms with E-state index in [0.29, 0.717) is 12.5 Å². The molecule has 0 heterocycles. The summed E-state index contributed by atoms with van der Waals surface area (Å²) in [5.74, 6) is -0.201. The first-order chi connectivity index (χ1) is 7.78. The highest BCUT2D eigenvalue weighted by Gasteiger charge is 2.33. The molecule has 0 amide bonds. The number of carboxylic acid groups (broad SMARTS) is 1. The molecule has 0 fully saturated rings. The Morgan fingerprint density at radius 2 is 1.94 bits per heavy atom. The van der Waals surface area contributed by atoms with Crippen LogP contribution in [0.15, 0.2) is 0 Å². The molecule has 2 N–H and O–H groups in total. The molecule has 4 nitrogen and oxygen atoms in total. The number of hydrogen-bond acceptors (Lipinski definition) is 3. The van der Waals surface area contributed by atoms with Crippen LogP contribution in [0.5, 0.6) is 0 Å². The van der Waals surface area contributed by atoms with Crippen LogP contribution < -0.4 is 5.32 Å². The fraction of sp³-hybridized carbons (Fsp3) is 0.923. The van der Waals surface area contributed by atoms with Crippen molar-refractivity contribution in [2.75, 3.05) is 13.2 Å². The van der Waals surface area contributed by atoms with Crippen molar-refractivity contribution in [1.82, 2.24) is 5.32 Å². The molecule has 0 spiro atoms. The van der Waals surface area contributed by atoms with E-state index < -0.39 is 11.5 Å². The van der Waals surface area contributed by atoms with E-state index in [-0.39, 0.29) is 12.6 Å². The van der Waals surface area contributed by atoms with E-state index in [9.17, 15) is 9.90 Å². The third-order valence-electron chi connectivity index (χ3n) is 2.54. The van der Waals surface area contributed by atoms with Gasteiger partial charge in [-0.3, -0.25) is 10.1 Å². The average Bonchev–Trinajstić information content (AvgIpc) is 2.15. The van der Waals surface area contributed by atoms with Crippen LogP contribution in [0, 0.1) is 5.92 Å². The van der Waals surface area contributed by atoms with Crippen LogP contribution in [0.25, 0.3) is 0 Å². The fourth-order valence-corrected chi connectivity index (χ4v) is 1.67. The minimum atomic E-state index is -0.994. The van der Waals surface area contributed by atoms with Crippen molar-refractivity contribution in [3.63, 3.8) is 0 Å². The zero-order valence-electron chi connectivity index (χ0n) is 11.7. The summed E-state index contributed by atoms with van der Waals surface area (Å²) in [4.78, 5) is 11.2. The minimum Gasteiger partial charge on any atom is -0.480 e. The first-order valence-electron chi connectivity index (χ1n) is 6.36. The Labute approximate surface area is 105 Å². The predicted molar refractivity (Wildman–Crippen MR) is 69.2 cm³/mol. The van der Waals surface area contributed by atoms with Gasteiger partial charge in [0.15, 0.2) is 0 Å². The second kappa shape index (κ2) is 7.67. The molecule has 17 heavy (non-hydrogen) atoms. The monoisotopic (exact) mass is 245 g/mol. The zero-order chi connectivity index (χ0) is 13.5. The Balaban J connectivity index is 3.97. The fourth-order valence-electron chi connectivity index (χ4n) is 1.67. The number of hydrogen-bond donors (Lipinski definition) is 2. The summed E-state index contributed by atoms with van der Waals surface area (Å²) < 4.78 is 5.47. The molecule has 0 aliphatic carbocycles. The van der Waals surface area contributed by atoms with Crippen molar-refractivity contribution in [2.24, 2.45) is 5.92 Å². The van der Waals surface area contributed by atoms with Crippen LogP contribution in [0.2, 0.25) is 0 Å². The molecule has 102 valence electrons. The Morgan fingerprint density at radius 3 is 2.35 bits per heavy atom. The summed E-state index contributed by atoms with van der Waals surface area (Å²) >= 11 is 0. The van der Waals surface area contributed by atoms with Gasteiger partial charge in [0.25, 0.3) is 0 Å². The van der Waals surface area contributed by atoms with Gasteiger partial charge in [-0.05, 0) is 39.5 Å². The van der Waals surface area contributed by atoms with Crippen molar-refractivity contribution < 1.29 is 14.6 Å². The molecule has 0 bridgehead atoms. The number of carboxylic acids is 1. The molecule has 0 saturated heterocycles. The standard InChI is InChI=1S/C13H27NO3/c1-10(2)7-6-8-17-9-13(5,12(15)16)14-11(3)4/h10-11,14H,6-9H2,1-5H3,(H,15,16). The predicted octanol–water partition coefficient (Wildman–Crippen LogP) is 2.28. The van der Waals surface area contributed by atoms with E-state index in [0.717, 1.165) is 12.8 Å². The molecule has 0 aliphatic heterocycles. The Hall–Kier alpha value is -0.610. The van der Waals surface area contributed by atoms with Gasteiger partial charge >= 0.3 is 5.97 Å². The largest absolute Gasteiger partial charge is 0.480 e. The van der Waals surface area contributed by atoms with E-state index in [1.165, 1.54) is 0 Å². The normalized spacial score (nSPS) is 15.2. The van der Waals surface area contributed by atoms with E-state index in [1.54, 1.807) is 6.92 Å². The van der Waals surface area contributed by atoms with Gasteiger partial charge in [-0.25, -0.2) is 0 Å². The van der Waals surface area contributed by atoms with Crippen LogP contribution in [0.3, 0.4) is 0 Å². The first-order valence-corrected chi connectivity index (χ1v) is 6.36. The molecule has 1 atom stereocenters. The van der Waals surface area contributed by atoms with Crippen LogP contribution >= 0.6 is 0 Å². The average molecular weight is 245 g/mol. The lowest BCUT2D eigenvalue weighted by Crippen LogP contribution is -2.55. The summed E-state index contributed by atoms with van der Waals surface area (Å²) in [6, 6.07) is 0.121. The summed E-state index contributed by atoms with van der Waals surface area (Å²) in [5.41, 5.74) is -0.994. The lowest BCUT2D eigenvalue weighted by Gasteiger charge is -2.28. The van der Waals surface area contributed by atoms with Crippen molar-refractivity contribution in [1.29, 1.82) is 0 Å². The van der Waals surface area contributed by atoms with E-state index in [1.807, 2.05) is 13.8 Å². The summed E-state index contributed by atoms with van der Waals surface area (Å²) in [6.45, 7) is 10.7. The molecule has 0 radical (unpaired) electrons. The van der Waals surface area contributed by atoms with Crippen LogP contribution in [0.1, 0.15) is 47.5 Å². The third-order valence-corrected chi connectivity index (χ3v) is 2.54. The lowest BCUT2D eigenvalue weighted by atomic mass is 10.0. The molecule has 0 rings (SSSR count). The molecule has 0 aromatic heterocycles. The molecule has 1 unspecified atom stereocenters. The maximum Gasteiger partial charge on any atom is 0.326 e. The van der Waals surface area contributed by atoms with Gasteiger partial charge in [-0.2, -0.15) is 0 Å². The summed E-state index contributed by atoms with van der Waals surface area (Å²) in [5, 5.41) is 12.2. The van der Waals surface area contributed by atoms with Crippen molar-refractivity contribution in [3.05, 3.63) is 0 Å². The number of aliphatic carboxylic acids is 1. The maximum absolute atomic E-state index is 11.2. The number of ether oxygens (including phenoxy) is 1. The van der Waals surface area contributed by atoms with Gasteiger partial charge in [0.1, 0.15) is 5.54 Å². The summed E-state index contributed by atoms with van der Waals surface area (Å²) in [7, 11) is 0. The van der Waals surface area contributed by atoms with Crippen LogP contribution in [-0.2, 0) is 9.53 Å². The van der Waals surface area contributed by atoms with Gasteiger partial charge in [-0.15, -0.1) is 0 Å². The second-order valence-electron chi connectivity index (χ2n) is 5.52. The topological polar surface area (TPSA) is 58.6 Å². The highest BCUT2D eigenvalue weighted by molar-refractivity contribution is 5.78. The third kappa shape index (κ3) is 7.34. The van der Waals surface area contributed by atoms with Crippen molar-refractivity contribution in [2.45, 2.75) is 59.0 Å². The van der Waals surface area contributed by atoms with Crippen molar-refractivity contribution in [3.8, 4) is 0 Å². The number of rotatable bonds is 9. The van der Waals surface area contributed by atoms with Gasteiger partial charge < -0.3 is 9.84 Å². The van der Waals surface area contributed by atoms with Gasteiger partial charge in [0, 0.05) is 12.6 Å². The van der Waals surface area contributed by atoms with E-state index >= 15 is 0 Å². The molecule has 0 aliphatic rings. The van der Waals surface area contributed by atoms with Gasteiger partial charge in [0.2, 0.25) is 0 Å². The SMILES string of the molecule is CC(C)CCCOCC(C)(NC(C)C)C(=O)O. The molecular weight excluding hydrogens is 218 g/mol. The first kappa shape index (κ1) is 16.4. The van der Waals surface area contributed by atoms with E-state index in [4.69, 9.17) is 4.74 Å². The molecule has 4 heteroatoms. The molecule has 0 aromatic rings. The molecular formula is C13H27NO3. The smallest absolute Gasteiger partial charge is 0.326 e. The van der Waals surface area contributed by atoms with Crippen LogP contribution in [0.4, 0.5) is 0 Å². The van der Waals surface area contributed by atoms with E-state index in [2.05, 4.69) is 19.2 Å². The quantitative estimate of drug-likeness (QED) is 0.612. The second-order valence-corrected chi connectivity index (χ2v) is 5.52. The number of carbonyl (C=O) groups is 1. The minimum absolute atomic E-state index is 0.121. The number of nitrogens with one attached hydrogen (secondary N) is 1. The van der Waals surface area contributed by atoms with Gasteiger partial charge in [-0.1, -0.05) is 13.8 Å². The Bertz CT molecular complexity index is 229. The lowest BCUT2D eigenvalue weighted by molar-refractivity contribution is -0.147. The summed E-state index contributed by atoms with van der Waals surface area (Å²) in [6.07, 6.45) is 2.09. The maximum atomic E-state index is 11.2.